The maximum Gasteiger partial charge on any atom is 0.232 e. The number of aryl methyl sites for hydroxylation is 1. The van der Waals surface area contributed by atoms with E-state index in [0.717, 1.165) is 22.4 Å². The zero-order valence-corrected chi connectivity index (χ0v) is 19.2. The number of aromatic nitrogens is 2. The highest BCUT2D eigenvalue weighted by Crippen LogP contribution is 2.30. The summed E-state index contributed by atoms with van der Waals surface area (Å²) in [6.45, 7) is 2.16. The van der Waals surface area contributed by atoms with Gasteiger partial charge in [0, 0.05) is 18.5 Å². The van der Waals surface area contributed by atoms with Gasteiger partial charge in [0.15, 0.2) is 0 Å². The second-order valence-electron chi connectivity index (χ2n) is 6.94. The molecule has 0 saturated heterocycles. The average Bonchev–Trinajstić information content (AvgIpc) is 3.19. The molecule has 1 heterocycles. The van der Waals surface area contributed by atoms with E-state index >= 15 is 0 Å². The summed E-state index contributed by atoms with van der Waals surface area (Å²) in [5.74, 6) is 0.204. The third kappa shape index (κ3) is 6.02. The molecule has 8 nitrogen and oxygen atoms in total. The fourth-order valence-corrected chi connectivity index (χ4v) is 4.69. The molecule has 164 valence electrons. The van der Waals surface area contributed by atoms with E-state index in [4.69, 9.17) is 4.74 Å². The van der Waals surface area contributed by atoms with Crippen LogP contribution in [0.5, 0.6) is 5.75 Å². The van der Waals surface area contributed by atoms with Gasteiger partial charge < -0.3 is 10.1 Å². The third-order valence-electron chi connectivity index (χ3n) is 4.49. The molecule has 0 atom stereocenters. The van der Waals surface area contributed by atoms with Crippen LogP contribution in [0.4, 0.5) is 10.8 Å². The largest absolute Gasteiger partial charge is 0.495 e. The lowest BCUT2D eigenvalue weighted by Gasteiger charge is -2.24. The van der Waals surface area contributed by atoms with Crippen molar-refractivity contribution >= 4 is 38.1 Å². The van der Waals surface area contributed by atoms with Gasteiger partial charge in [0.2, 0.25) is 21.1 Å². The Morgan fingerprint density at radius 1 is 1.13 bits per heavy atom. The molecule has 0 spiro atoms. The number of nitrogens with zero attached hydrogens (tertiary/aromatic N) is 3. The number of methoxy groups -OCH3 is 1. The van der Waals surface area contributed by atoms with Gasteiger partial charge in [0.25, 0.3) is 0 Å². The van der Waals surface area contributed by atoms with Gasteiger partial charge in [-0.1, -0.05) is 53.3 Å². The smallest absolute Gasteiger partial charge is 0.232 e. The average molecular weight is 461 g/mol. The predicted octanol–water partition coefficient (Wildman–Crippen LogP) is 3.71. The Hall–Kier alpha value is -2.98. The molecule has 0 radical (unpaired) electrons. The second-order valence-corrected chi connectivity index (χ2v) is 9.82. The number of hydrogen-bond donors (Lipinski definition) is 1. The lowest BCUT2D eigenvalue weighted by atomic mass is 10.2. The topological polar surface area (TPSA) is 101 Å². The van der Waals surface area contributed by atoms with Crippen molar-refractivity contribution < 1.29 is 17.9 Å². The predicted molar refractivity (Wildman–Crippen MR) is 123 cm³/mol. The first kappa shape index (κ1) is 22.7. The molecule has 31 heavy (non-hydrogen) atoms. The van der Waals surface area contributed by atoms with Gasteiger partial charge in [-0.15, -0.1) is 10.2 Å². The quantitative estimate of drug-likeness (QED) is 0.522. The molecule has 3 rings (SSSR count). The summed E-state index contributed by atoms with van der Waals surface area (Å²) < 4.78 is 31.1. The van der Waals surface area contributed by atoms with E-state index in [2.05, 4.69) is 15.5 Å². The van der Waals surface area contributed by atoms with Gasteiger partial charge in [-0.3, -0.25) is 9.10 Å². The Morgan fingerprint density at radius 2 is 1.84 bits per heavy atom. The summed E-state index contributed by atoms with van der Waals surface area (Å²) in [6.07, 6.45) is 1.61. The number of carbonyl (C=O) groups excluding carboxylic acids is 1. The van der Waals surface area contributed by atoms with Crippen molar-refractivity contribution in [1.29, 1.82) is 0 Å². The zero-order valence-electron chi connectivity index (χ0n) is 17.5. The maximum atomic E-state index is 12.3. The van der Waals surface area contributed by atoms with Gasteiger partial charge in [-0.25, -0.2) is 8.42 Å². The molecular formula is C21H24N4O4S2. The number of hydrogen-bond acceptors (Lipinski definition) is 7. The van der Waals surface area contributed by atoms with E-state index in [-0.39, 0.29) is 18.9 Å². The number of benzene rings is 2. The lowest BCUT2D eigenvalue weighted by Crippen LogP contribution is -2.31. The summed E-state index contributed by atoms with van der Waals surface area (Å²) in [5.41, 5.74) is 2.53. The van der Waals surface area contributed by atoms with Crippen LogP contribution in [0.1, 0.15) is 18.4 Å². The van der Waals surface area contributed by atoms with Crippen molar-refractivity contribution in [2.24, 2.45) is 0 Å². The highest BCUT2D eigenvalue weighted by Gasteiger charge is 2.21. The Labute approximate surface area is 185 Å². The molecular weight excluding hydrogens is 436 g/mol. The lowest BCUT2D eigenvalue weighted by molar-refractivity contribution is -0.116. The van der Waals surface area contributed by atoms with Crippen LogP contribution in [-0.4, -0.2) is 44.4 Å². The van der Waals surface area contributed by atoms with Crippen molar-refractivity contribution in [3.8, 4) is 16.3 Å². The Bertz CT molecular complexity index is 1140. The Kier molecular flexibility index (Phi) is 7.24. The van der Waals surface area contributed by atoms with E-state index in [0.29, 0.717) is 23.0 Å². The van der Waals surface area contributed by atoms with Gasteiger partial charge in [0.1, 0.15) is 10.8 Å². The van der Waals surface area contributed by atoms with Crippen LogP contribution in [0.25, 0.3) is 10.6 Å². The summed E-state index contributed by atoms with van der Waals surface area (Å²) in [6, 6.07) is 14.8. The summed E-state index contributed by atoms with van der Waals surface area (Å²) in [7, 11) is -2.05. The zero-order chi connectivity index (χ0) is 22.4. The molecule has 1 N–H and O–H groups in total. The highest BCUT2D eigenvalue weighted by atomic mass is 32.2. The molecule has 0 unspecified atom stereocenters. The SMILES string of the molecule is COc1ccccc1N(CCCC(=O)Nc1nnc(-c2ccc(C)cc2)s1)S(C)(=O)=O. The second kappa shape index (κ2) is 9.88. The minimum Gasteiger partial charge on any atom is -0.495 e. The number of sulfonamides is 1. The van der Waals surface area contributed by atoms with Crippen LogP contribution < -0.4 is 14.4 Å². The van der Waals surface area contributed by atoms with Crippen molar-refractivity contribution in [3.63, 3.8) is 0 Å². The van der Waals surface area contributed by atoms with E-state index in [1.807, 2.05) is 31.2 Å². The molecule has 0 fully saturated rings. The van der Waals surface area contributed by atoms with Crippen LogP contribution in [-0.2, 0) is 14.8 Å². The maximum absolute atomic E-state index is 12.3. The summed E-state index contributed by atoms with van der Waals surface area (Å²) >= 11 is 1.29. The number of anilines is 2. The highest BCUT2D eigenvalue weighted by molar-refractivity contribution is 7.92. The first-order valence-corrected chi connectivity index (χ1v) is 12.3. The van der Waals surface area contributed by atoms with E-state index in [1.54, 1.807) is 24.3 Å². The molecule has 3 aromatic rings. The number of amides is 1. The Balaban J connectivity index is 1.59. The number of para-hydroxylation sites is 2. The van der Waals surface area contributed by atoms with E-state index in [1.165, 1.54) is 22.8 Å². The van der Waals surface area contributed by atoms with Crippen LogP contribution >= 0.6 is 11.3 Å². The monoisotopic (exact) mass is 460 g/mol. The molecule has 0 aliphatic carbocycles. The summed E-state index contributed by atoms with van der Waals surface area (Å²) in [5, 5.41) is 12.0. The molecule has 1 amide bonds. The van der Waals surface area contributed by atoms with Gasteiger partial charge in [-0.05, 0) is 25.5 Å². The van der Waals surface area contributed by atoms with Crippen LogP contribution in [0.2, 0.25) is 0 Å². The van der Waals surface area contributed by atoms with Gasteiger partial charge in [0.05, 0.1) is 19.1 Å². The first-order chi connectivity index (χ1) is 14.8. The van der Waals surface area contributed by atoms with Crippen LogP contribution in [0.3, 0.4) is 0 Å². The molecule has 1 aromatic heterocycles. The summed E-state index contributed by atoms with van der Waals surface area (Å²) in [4.78, 5) is 12.3. The molecule has 0 aliphatic heterocycles. The van der Waals surface area contributed by atoms with Crippen molar-refractivity contribution in [1.82, 2.24) is 10.2 Å². The van der Waals surface area contributed by atoms with Gasteiger partial charge in [-0.2, -0.15) is 0 Å². The van der Waals surface area contributed by atoms with E-state index < -0.39 is 10.0 Å². The molecule has 0 bridgehead atoms. The number of ether oxygens (including phenoxy) is 1. The van der Waals surface area contributed by atoms with Crippen molar-refractivity contribution in [3.05, 3.63) is 54.1 Å². The number of rotatable bonds is 9. The Morgan fingerprint density at radius 3 is 2.52 bits per heavy atom. The molecule has 2 aromatic carbocycles. The molecule has 0 aliphatic rings. The van der Waals surface area contributed by atoms with Gasteiger partial charge >= 0.3 is 0 Å². The standard InChI is InChI=1S/C21H24N4O4S2/c1-15-10-12-16(13-11-15)20-23-24-21(30-20)22-19(26)9-6-14-25(31(3,27)28)17-7-4-5-8-18(17)29-2/h4-5,7-8,10-13H,6,9,14H2,1-3H3,(H,22,24,26). The number of nitrogens with one attached hydrogen (secondary N) is 1. The van der Waals surface area contributed by atoms with Crippen LogP contribution in [0.15, 0.2) is 48.5 Å². The third-order valence-corrected chi connectivity index (χ3v) is 6.56. The normalized spacial score (nSPS) is 11.2. The number of carbonyl (C=O) groups is 1. The minimum atomic E-state index is -3.54. The fraction of sp³-hybridized carbons (Fsp3) is 0.286. The first-order valence-electron chi connectivity index (χ1n) is 9.59. The van der Waals surface area contributed by atoms with Crippen molar-refractivity contribution in [2.75, 3.05) is 29.5 Å². The molecule has 10 heteroatoms. The molecule has 0 saturated carbocycles. The fourth-order valence-electron chi connectivity index (χ4n) is 2.95. The van der Waals surface area contributed by atoms with Crippen LogP contribution in [0, 0.1) is 6.92 Å². The minimum absolute atomic E-state index is 0.139. The van der Waals surface area contributed by atoms with E-state index in [9.17, 15) is 13.2 Å². The van der Waals surface area contributed by atoms with Crippen molar-refractivity contribution in [2.45, 2.75) is 19.8 Å².